The van der Waals surface area contributed by atoms with Crippen LogP contribution < -0.4 is 20.9 Å². The third kappa shape index (κ3) is 6.37. The molecule has 14 nitrogen and oxygen atoms in total. The zero-order valence-corrected chi connectivity index (χ0v) is 25.5. The molecule has 1 aromatic heterocycles. The molecule has 0 spiro atoms. The van der Waals surface area contributed by atoms with Crippen molar-refractivity contribution in [1.29, 1.82) is 0 Å². The van der Waals surface area contributed by atoms with Gasteiger partial charge in [0.25, 0.3) is 11.8 Å². The number of carboxylic acid groups (broad SMARTS) is 2. The lowest BCUT2D eigenvalue weighted by Crippen LogP contribution is -2.71. The average molecular weight is 633 g/mol. The van der Waals surface area contributed by atoms with Crippen LogP contribution in [0, 0.1) is 0 Å². The molecule has 2 fully saturated rings. The number of aliphatic carboxylic acids is 2. The number of fused-ring (bicyclic) bond motifs is 1. The fourth-order valence-corrected chi connectivity index (χ4v) is 7.22. The number of likely N-dealkylation sites (tertiary alicyclic amines) is 1. The third-order valence-electron chi connectivity index (χ3n) is 7.63. The molecule has 1 aromatic rings. The molecule has 4 aliphatic rings. The summed E-state index contributed by atoms with van der Waals surface area (Å²) in [5.41, 5.74) is 5.17. The van der Waals surface area contributed by atoms with Gasteiger partial charge in [-0.05, 0) is 39.9 Å². The van der Waals surface area contributed by atoms with Crippen molar-refractivity contribution in [1.82, 2.24) is 20.4 Å². The van der Waals surface area contributed by atoms with Crippen molar-refractivity contribution in [3.63, 3.8) is 0 Å². The molecule has 16 heteroatoms. The van der Waals surface area contributed by atoms with Gasteiger partial charge in [0, 0.05) is 40.8 Å². The van der Waals surface area contributed by atoms with Crippen molar-refractivity contribution < 1.29 is 38.8 Å². The second-order valence-corrected chi connectivity index (χ2v) is 13.4. The quantitative estimate of drug-likeness (QED) is 0.0989. The number of hydrogen-bond donors (Lipinski definition) is 5. The van der Waals surface area contributed by atoms with Crippen LogP contribution in [0.4, 0.5) is 0 Å². The molecule has 5 heterocycles. The van der Waals surface area contributed by atoms with Crippen LogP contribution >= 0.6 is 23.5 Å². The van der Waals surface area contributed by atoms with Crippen LogP contribution in [0.25, 0.3) is 0 Å². The first kappa shape index (κ1) is 30.8. The summed E-state index contributed by atoms with van der Waals surface area (Å²) in [6, 6.07) is 3.01. The molecule has 0 aromatic carbocycles. The van der Waals surface area contributed by atoms with Gasteiger partial charge in [-0.25, -0.2) is 14.2 Å². The molecule has 43 heavy (non-hydrogen) atoms. The molecule has 5 rings (SSSR count). The topological polar surface area (TPSA) is 191 Å². The van der Waals surface area contributed by atoms with Gasteiger partial charge in [-0.1, -0.05) is 16.9 Å². The van der Waals surface area contributed by atoms with E-state index in [0.717, 1.165) is 19.5 Å². The Morgan fingerprint density at radius 2 is 2.09 bits per heavy atom. The number of thioether (sulfide) groups is 2. The number of carbonyl (C=O) groups is 4. The Kier molecular flexibility index (Phi) is 8.74. The summed E-state index contributed by atoms with van der Waals surface area (Å²) in [6.07, 6.45) is 4.99. The lowest BCUT2D eigenvalue weighted by atomic mass is 10.00. The highest BCUT2D eigenvalue weighted by Gasteiger charge is 2.55. The van der Waals surface area contributed by atoms with Gasteiger partial charge in [-0.3, -0.25) is 14.5 Å². The minimum absolute atomic E-state index is 0.0827. The number of nitrogens with two attached hydrogens (primary N) is 1. The van der Waals surface area contributed by atoms with Crippen LogP contribution in [0.5, 0.6) is 0 Å². The van der Waals surface area contributed by atoms with E-state index in [9.17, 15) is 29.4 Å². The minimum atomic E-state index is -1.73. The van der Waals surface area contributed by atoms with Crippen molar-refractivity contribution in [2.24, 2.45) is 10.9 Å². The number of oxime groups is 1. The number of nitrogens with one attached hydrogen (secondary N) is 2. The molecule has 0 saturated carbocycles. The predicted molar refractivity (Wildman–Crippen MR) is 158 cm³/mol. The molecule has 2 amide bonds. The lowest BCUT2D eigenvalue weighted by molar-refractivity contribution is -0.689. The Hall–Kier alpha value is -3.60. The summed E-state index contributed by atoms with van der Waals surface area (Å²) in [7, 11) is 2.09. The van der Waals surface area contributed by atoms with E-state index in [1.807, 2.05) is 23.0 Å². The van der Waals surface area contributed by atoms with E-state index in [1.54, 1.807) is 5.41 Å². The van der Waals surface area contributed by atoms with E-state index in [0.29, 0.717) is 23.8 Å². The van der Waals surface area contributed by atoms with Crippen molar-refractivity contribution in [2.75, 3.05) is 25.9 Å². The van der Waals surface area contributed by atoms with E-state index in [-0.39, 0.29) is 17.1 Å². The zero-order chi connectivity index (χ0) is 31.1. The number of hydrogen-bond acceptors (Lipinski definition) is 11. The highest BCUT2D eigenvalue weighted by molar-refractivity contribution is 8.02. The first-order valence-electron chi connectivity index (χ1n) is 13.6. The molecule has 2 saturated heterocycles. The molecule has 0 radical (unpaired) electrons. The monoisotopic (exact) mass is 632 g/mol. The molecule has 3 unspecified atom stereocenters. The molecule has 0 bridgehead atoms. The van der Waals surface area contributed by atoms with Crippen molar-refractivity contribution in [3.05, 3.63) is 52.5 Å². The van der Waals surface area contributed by atoms with Gasteiger partial charge in [0.1, 0.15) is 22.6 Å². The third-order valence-corrected chi connectivity index (χ3v) is 9.76. The first-order chi connectivity index (χ1) is 20.4. The van der Waals surface area contributed by atoms with Crippen LogP contribution in [0.15, 0.2) is 52.1 Å². The Balaban J connectivity index is 1.32. The number of rotatable bonds is 10. The number of carbonyl (C=O) groups excluding carboxylic acids is 2. The van der Waals surface area contributed by atoms with Crippen LogP contribution in [0.1, 0.15) is 31.7 Å². The van der Waals surface area contributed by atoms with Crippen LogP contribution in [0.3, 0.4) is 0 Å². The standard InChI is InChI=1S/C27H33N7O7S2/c1-27(2,25(39)40)41-31-18(17-13-43-26(28)29-17)21(35)30-19-22(36)34-20(24(37)38)16(12-42-23(19)34)11-33-7-4-5-14(10-33)15-6-8-32(3)9-15/h4-5,7,10,13,15,19,23,26,29H,6,8-9,11-12,28H2,1-3H3,(H2-,30,35,37,38,39,40)/p+1/b31-18-/t15?,19-,23?,26?/m1/s1. The normalized spacial score (nSPS) is 26.0. The first-order valence-corrected chi connectivity index (χ1v) is 15.6. The molecule has 4 aliphatic heterocycles. The Bertz CT molecular complexity index is 1450. The van der Waals surface area contributed by atoms with Gasteiger partial charge in [0.05, 0.1) is 5.70 Å². The maximum absolute atomic E-state index is 13.3. The van der Waals surface area contributed by atoms with Crippen molar-refractivity contribution in [2.45, 2.75) is 55.2 Å². The van der Waals surface area contributed by atoms with Gasteiger partial charge in [-0.2, -0.15) is 0 Å². The Morgan fingerprint density at radius 3 is 2.72 bits per heavy atom. The van der Waals surface area contributed by atoms with Gasteiger partial charge in [0.2, 0.25) is 5.60 Å². The van der Waals surface area contributed by atoms with E-state index >= 15 is 0 Å². The molecule has 6 N–H and O–H groups in total. The predicted octanol–water partition coefficient (Wildman–Crippen LogP) is -0.212. The molecular formula is C27H34N7O7S2+. The molecule has 4 atom stereocenters. The second kappa shape index (κ2) is 12.2. The molecule has 230 valence electrons. The summed E-state index contributed by atoms with van der Waals surface area (Å²) in [5, 5.41) is 29.6. The van der Waals surface area contributed by atoms with Crippen molar-refractivity contribution in [3.8, 4) is 0 Å². The van der Waals surface area contributed by atoms with Crippen LogP contribution in [-0.2, 0) is 30.6 Å². The highest BCUT2D eigenvalue weighted by Crippen LogP contribution is 2.40. The summed E-state index contributed by atoms with van der Waals surface area (Å²) in [5.74, 6) is -3.12. The maximum Gasteiger partial charge on any atom is 0.352 e. The Morgan fingerprint density at radius 1 is 1.33 bits per heavy atom. The van der Waals surface area contributed by atoms with E-state index < -0.39 is 46.3 Å². The summed E-state index contributed by atoms with van der Waals surface area (Å²) in [6.45, 7) is 4.85. The molecule has 0 aliphatic carbocycles. The fourth-order valence-electron chi connectivity index (χ4n) is 5.22. The zero-order valence-electron chi connectivity index (χ0n) is 23.9. The fraction of sp³-hybridized carbons (Fsp3) is 0.481. The van der Waals surface area contributed by atoms with Crippen LogP contribution in [-0.4, -0.2) is 97.9 Å². The number of pyridine rings is 1. The van der Waals surface area contributed by atoms with Gasteiger partial charge in [-0.15, -0.1) is 11.8 Å². The smallest absolute Gasteiger partial charge is 0.352 e. The molecular weight excluding hydrogens is 598 g/mol. The number of amides is 2. The van der Waals surface area contributed by atoms with Crippen LogP contribution in [0.2, 0.25) is 0 Å². The van der Waals surface area contributed by atoms with Crippen molar-refractivity contribution >= 4 is 53.0 Å². The summed E-state index contributed by atoms with van der Waals surface area (Å²) in [4.78, 5) is 59.1. The number of β-lactam (4-membered cyclic amide) rings is 1. The van der Waals surface area contributed by atoms with Gasteiger partial charge < -0.3 is 36.3 Å². The van der Waals surface area contributed by atoms with E-state index in [1.165, 1.54) is 47.8 Å². The highest BCUT2D eigenvalue weighted by atomic mass is 32.2. The maximum atomic E-state index is 13.3. The number of carboxylic acids is 2. The lowest BCUT2D eigenvalue weighted by Gasteiger charge is -2.49. The van der Waals surface area contributed by atoms with E-state index in [4.69, 9.17) is 10.6 Å². The largest absolute Gasteiger partial charge is 0.478 e. The number of likely N-dealkylation sites (N-methyl/N-ethyl adjacent to an activating group) is 1. The number of nitrogens with zero attached hydrogens (tertiary/aromatic N) is 4. The number of aromatic nitrogens is 1. The second-order valence-electron chi connectivity index (χ2n) is 11.3. The minimum Gasteiger partial charge on any atom is -0.478 e. The van der Waals surface area contributed by atoms with E-state index in [2.05, 4.69) is 33.8 Å². The average Bonchev–Trinajstić information content (AvgIpc) is 3.59. The van der Waals surface area contributed by atoms with Gasteiger partial charge in [0.15, 0.2) is 24.7 Å². The van der Waals surface area contributed by atoms with Gasteiger partial charge >= 0.3 is 11.9 Å². The summed E-state index contributed by atoms with van der Waals surface area (Å²) >= 11 is 2.53. The summed E-state index contributed by atoms with van der Waals surface area (Å²) < 4.78 is 1.95. The Labute approximate surface area is 256 Å². The SMILES string of the molecule is CN1CCC(c2ccc[n+](CC3=C(C(=O)O)N4C(=O)[C@@H](NC(=O)/C(=N\OC(C)(C)C(=O)O)C5=CSC(N)N5)C4SC3)c2)C1.